The van der Waals surface area contributed by atoms with Gasteiger partial charge >= 0.3 is 0 Å². The van der Waals surface area contributed by atoms with Crippen LogP contribution in [0.15, 0.2) is 24.3 Å². The van der Waals surface area contributed by atoms with Crippen LogP contribution in [0.3, 0.4) is 0 Å². The van der Waals surface area contributed by atoms with Gasteiger partial charge in [0.15, 0.2) is 0 Å². The molecule has 1 saturated carbocycles. The van der Waals surface area contributed by atoms with E-state index < -0.39 is 0 Å². The second-order valence-corrected chi connectivity index (χ2v) is 5.48. The minimum Gasteiger partial charge on any atom is -0.385 e. The highest BCUT2D eigenvalue weighted by Crippen LogP contribution is 2.43. The van der Waals surface area contributed by atoms with Crippen molar-refractivity contribution in [3.8, 4) is 0 Å². The van der Waals surface area contributed by atoms with Gasteiger partial charge < -0.3 is 10.5 Å². The number of likely N-dealkylation sites (N-methyl/N-ethyl adjacent to an activating group) is 1. The maximum absolute atomic E-state index is 6.03. The van der Waals surface area contributed by atoms with E-state index >= 15 is 0 Å². The maximum Gasteiger partial charge on any atom is 0.0474 e. The molecule has 3 heteroatoms. The van der Waals surface area contributed by atoms with E-state index in [-0.39, 0.29) is 0 Å². The highest BCUT2D eigenvalue weighted by atomic mass is 16.5. The molecule has 0 amide bonds. The van der Waals surface area contributed by atoms with Crippen molar-refractivity contribution in [1.29, 1.82) is 0 Å². The van der Waals surface area contributed by atoms with Crippen molar-refractivity contribution in [2.75, 3.05) is 33.9 Å². The lowest BCUT2D eigenvalue weighted by molar-refractivity contribution is 0.166. The first-order valence-electron chi connectivity index (χ1n) is 7.26. The Balaban J connectivity index is 2.07. The highest BCUT2D eigenvalue weighted by molar-refractivity contribution is 5.35. The fourth-order valence-electron chi connectivity index (χ4n) is 2.74. The normalized spacial score (nSPS) is 16.8. The molecule has 0 saturated heterocycles. The summed E-state index contributed by atoms with van der Waals surface area (Å²) < 4.78 is 5.13. The zero-order chi connectivity index (χ0) is 13.7. The standard InChI is InChI=1S/C16H26N2O/c1-18(10-5-11-19-2)16(12-17)15-7-4-3-6-14(15)13-8-9-13/h3-4,6-7,13,16H,5,8-12,17H2,1-2H3. The summed E-state index contributed by atoms with van der Waals surface area (Å²) in [6.45, 7) is 2.51. The van der Waals surface area contributed by atoms with Gasteiger partial charge in [0.05, 0.1) is 0 Å². The number of hydrogen-bond acceptors (Lipinski definition) is 3. The zero-order valence-electron chi connectivity index (χ0n) is 12.1. The third-order valence-electron chi connectivity index (χ3n) is 3.99. The molecule has 2 rings (SSSR count). The number of nitrogens with two attached hydrogens (primary N) is 1. The van der Waals surface area contributed by atoms with Gasteiger partial charge in [-0.3, -0.25) is 4.90 Å². The average Bonchev–Trinajstić information content (AvgIpc) is 3.25. The number of methoxy groups -OCH3 is 1. The first-order valence-corrected chi connectivity index (χ1v) is 7.26. The molecule has 3 nitrogen and oxygen atoms in total. The fourth-order valence-corrected chi connectivity index (χ4v) is 2.74. The molecule has 0 radical (unpaired) electrons. The zero-order valence-corrected chi connectivity index (χ0v) is 12.1. The molecule has 0 aromatic heterocycles. The Hall–Kier alpha value is -0.900. The molecular formula is C16H26N2O. The van der Waals surface area contributed by atoms with Crippen LogP contribution in [0.25, 0.3) is 0 Å². The lowest BCUT2D eigenvalue weighted by atomic mass is 9.96. The molecule has 1 aliphatic rings. The largest absolute Gasteiger partial charge is 0.385 e. The van der Waals surface area contributed by atoms with Crippen LogP contribution in [-0.2, 0) is 4.74 Å². The van der Waals surface area contributed by atoms with Crippen molar-refractivity contribution in [2.24, 2.45) is 5.73 Å². The van der Waals surface area contributed by atoms with Crippen LogP contribution in [0.5, 0.6) is 0 Å². The molecular weight excluding hydrogens is 236 g/mol. The third kappa shape index (κ3) is 3.78. The molecule has 19 heavy (non-hydrogen) atoms. The summed E-state index contributed by atoms with van der Waals surface area (Å²) in [4.78, 5) is 2.36. The number of benzene rings is 1. The van der Waals surface area contributed by atoms with Crippen LogP contribution < -0.4 is 5.73 Å². The van der Waals surface area contributed by atoms with Gasteiger partial charge in [0.1, 0.15) is 0 Å². The smallest absolute Gasteiger partial charge is 0.0474 e. The molecule has 0 heterocycles. The molecule has 0 bridgehead atoms. The van der Waals surface area contributed by atoms with Crippen LogP contribution in [0.1, 0.15) is 42.3 Å². The third-order valence-corrected chi connectivity index (χ3v) is 3.99. The van der Waals surface area contributed by atoms with Crippen molar-refractivity contribution < 1.29 is 4.74 Å². The molecule has 0 spiro atoms. The fraction of sp³-hybridized carbons (Fsp3) is 0.625. The first-order chi connectivity index (χ1) is 9.27. The van der Waals surface area contributed by atoms with Crippen molar-refractivity contribution in [2.45, 2.75) is 31.2 Å². The Morgan fingerprint density at radius 2 is 2.11 bits per heavy atom. The van der Waals surface area contributed by atoms with Gasteiger partial charge in [-0.25, -0.2) is 0 Å². The molecule has 1 aromatic rings. The van der Waals surface area contributed by atoms with E-state index in [1.54, 1.807) is 7.11 Å². The second-order valence-electron chi connectivity index (χ2n) is 5.48. The monoisotopic (exact) mass is 262 g/mol. The van der Waals surface area contributed by atoms with E-state index in [0.717, 1.165) is 25.5 Å². The summed E-state index contributed by atoms with van der Waals surface area (Å²) in [7, 11) is 3.92. The Kier molecular flexibility index (Phi) is 5.37. The highest BCUT2D eigenvalue weighted by Gasteiger charge is 2.28. The first kappa shape index (κ1) is 14.5. The van der Waals surface area contributed by atoms with E-state index in [0.29, 0.717) is 12.6 Å². The van der Waals surface area contributed by atoms with Gasteiger partial charge in [0.25, 0.3) is 0 Å². The second kappa shape index (κ2) is 7.04. The predicted molar refractivity (Wildman–Crippen MR) is 79.3 cm³/mol. The van der Waals surface area contributed by atoms with Crippen molar-refractivity contribution >= 4 is 0 Å². The molecule has 1 atom stereocenters. The Morgan fingerprint density at radius 3 is 2.74 bits per heavy atom. The van der Waals surface area contributed by atoms with E-state index in [1.807, 2.05) is 0 Å². The van der Waals surface area contributed by atoms with E-state index in [4.69, 9.17) is 10.5 Å². The average molecular weight is 262 g/mol. The number of ether oxygens (including phenoxy) is 1. The number of nitrogens with zero attached hydrogens (tertiary/aromatic N) is 1. The van der Waals surface area contributed by atoms with E-state index in [1.165, 1.54) is 24.0 Å². The topological polar surface area (TPSA) is 38.5 Å². The van der Waals surface area contributed by atoms with Crippen LogP contribution in [-0.4, -0.2) is 38.8 Å². The summed E-state index contributed by atoms with van der Waals surface area (Å²) >= 11 is 0. The van der Waals surface area contributed by atoms with E-state index in [2.05, 4.69) is 36.2 Å². The van der Waals surface area contributed by atoms with Crippen LogP contribution in [0.4, 0.5) is 0 Å². The molecule has 1 aromatic carbocycles. The molecule has 1 aliphatic carbocycles. The molecule has 2 N–H and O–H groups in total. The van der Waals surface area contributed by atoms with Crippen LogP contribution in [0.2, 0.25) is 0 Å². The summed E-state index contributed by atoms with van der Waals surface area (Å²) in [5.41, 5.74) is 8.96. The van der Waals surface area contributed by atoms with Gasteiger partial charge in [0.2, 0.25) is 0 Å². The lowest BCUT2D eigenvalue weighted by Gasteiger charge is -2.29. The summed E-state index contributed by atoms with van der Waals surface area (Å²) in [6, 6.07) is 9.13. The molecule has 0 aliphatic heterocycles. The lowest BCUT2D eigenvalue weighted by Crippen LogP contribution is -2.32. The Labute approximate surface area is 116 Å². The summed E-state index contributed by atoms with van der Waals surface area (Å²) in [5, 5.41) is 0. The van der Waals surface area contributed by atoms with Crippen molar-refractivity contribution in [3.63, 3.8) is 0 Å². The number of hydrogen-bond donors (Lipinski definition) is 1. The van der Waals surface area contributed by atoms with Crippen molar-refractivity contribution in [3.05, 3.63) is 35.4 Å². The predicted octanol–water partition coefficient (Wildman–Crippen LogP) is 2.53. The SMILES string of the molecule is COCCCN(C)C(CN)c1ccccc1C1CC1. The molecule has 1 unspecified atom stereocenters. The van der Waals surface area contributed by atoms with Crippen LogP contribution in [0, 0.1) is 0 Å². The molecule has 1 fully saturated rings. The van der Waals surface area contributed by atoms with Gasteiger partial charge in [-0.15, -0.1) is 0 Å². The van der Waals surface area contributed by atoms with Gasteiger partial charge in [-0.1, -0.05) is 24.3 Å². The maximum atomic E-state index is 6.03. The Morgan fingerprint density at radius 1 is 1.37 bits per heavy atom. The Bertz CT molecular complexity index is 390. The van der Waals surface area contributed by atoms with Gasteiger partial charge in [0, 0.05) is 32.8 Å². The van der Waals surface area contributed by atoms with Crippen molar-refractivity contribution in [1.82, 2.24) is 4.90 Å². The van der Waals surface area contributed by atoms with Crippen LogP contribution >= 0.6 is 0 Å². The van der Waals surface area contributed by atoms with E-state index in [9.17, 15) is 0 Å². The molecule has 106 valence electrons. The van der Waals surface area contributed by atoms with Gasteiger partial charge in [-0.2, -0.15) is 0 Å². The summed E-state index contributed by atoms with van der Waals surface area (Å²) in [5.74, 6) is 0.776. The minimum atomic E-state index is 0.327. The minimum absolute atomic E-state index is 0.327. The quantitative estimate of drug-likeness (QED) is 0.732. The number of rotatable bonds is 8. The summed E-state index contributed by atoms with van der Waals surface area (Å²) in [6.07, 6.45) is 3.72. The van der Waals surface area contributed by atoms with Gasteiger partial charge in [-0.05, 0) is 43.4 Å².